The predicted molar refractivity (Wildman–Crippen MR) is 82.4 cm³/mol. The van der Waals surface area contributed by atoms with Gasteiger partial charge < -0.3 is 4.74 Å². The summed E-state index contributed by atoms with van der Waals surface area (Å²) in [7, 11) is 0. The second kappa shape index (κ2) is 6.62. The highest BCUT2D eigenvalue weighted by Gasteiger charge is 2.15. The normalized spacial score (nSPS) is 10.9. The zero-order valence-corrected chi connectivity index (χ0v) is 12.9. The van der Waals surface area contributed by atoms with Gasteiger partial charge in [-0.2, -0.15) is 0 Å². The van der Waals surface area contributed by atoms with E-state index >= 15 is 0 Å². The van der Waals surface area contributed by atoms with Crippen molar-refractivity contribution >= 4 is 0 Å². The van der Waals surface area contributed by atoms with E-state index in [1.165, 1.54) is 12.1 Å². The molecule has 0 aliphatic carbocycles. The highest BCUT2D eigenvalue weighted by molar-refractivity contribution is 5.53. The molecule has 2 aromatic heterocycles. The Bertz CT molecular complexity index is 800. The van der Waals surface area contributed by atoms with Crippen LogP contribution in [-0.4, -0.2) is 31.3 Å². The van der Waals surface area contributed by atoms with Crippen molar-refractivity contribution in [3.05, 3.63) is 54.0 Å². The largest absolute Gasteiger partial charge is 0.374 e. The van der Waals surface area contributed by atoms with Gasteiger partial charge in [-0.3, -0.25) is 0 Å². The minimum absolute atomic E-state index is 0.303. The van der Waals surface area contributed by atoms with Crippen LogP contribution in [-0.2, 0) is 11.3 Å². The van der Waals surface area contributed by atoms with Crippen molar-refractivity contribution in [3.8, 4) is 17.2 Å². The number of halogens is 1. The summed E-state index contributed by atoms with van der Waals surface area (Å²) in [6.07, 6.45) is 1.67. The Balaban J connectivity index is 2.08. The van der Waals surface area contributed by atoms with Gasteiger partial charge in [0, 0.05) is 12.8 Å². The van der Waals surface area contributed by atoms with Crippen LogP contribution in [0.15, 0.2) is 36.5 Å². The average molecular weight is 313 g/mol. The molecule has 0 fully saturated rings. The monoisotopic (exact) mass is 313 g/mol. The molecule has 0 aliphatic rings. The Morgan fingerprint density at radius 1 is 1.13 bits per heavy atom. The molecule has 0 unspecified atom stereocenters. The molecule has 0 radical (unpaired) electrons. The fourth-order valence-electron chi connectivity index (χ4n) is 2.12. The number of aromatic nitrogens is 5. The Morgan fingerprint density at radius 2 is 1.91 bits per heavy atom. The fraction of sp³-hybridized carbons (Fsp3) is 0.250. The second-order valence-electron chi connectivity index (χ2n) is 4.87. The van der Waals surface area contributed by atoms with Crippen LogP contribution in [0.1, 0.15) is 18.6 Å². The molecule has 0 N–H and O–H groups in total. The highest BCUT2D eigenvalue weighted by atomic mass is 19.1. The number of nitrogens with zero attached hydrogens (tertiary/aromatic N) is 5. The molecule has 23 heavy (non-hydrogen) atoms. The summed E-state index contributed by atoms with van der Waals surface area (Å²) in [5.41, 5.74) is 1.35. The van der Waals surface area contributed by atoms with Crippen molar-refractivity contribution < 1.29 is 9.13 Å². The maximum absolute atomic E-state index is 13.2. The molecule has 0 aliphatic heterocycles. The Hall–Kier alpha value is -2.67. The average Bonchev–Trinajstić information content (AvgIpc) is 2.98. The lowest BCUT2D eigenvalue weighted by atomic mass is 10.3. The van der Waals surface area contributed by atoms with Crippen molar-refractivity contribution in [2.24, 2.45) is 0 Å². The number of aryl methyl sites for hydroxylation is 1. The van der Waals surface area contributed by atoms with E-state index in [1.807, 2.05) is 13.8 Å². The Kier molecular flexibility index (Phi) is 4.38. The SMILES string of the molecule is CCOCc1nc(-c2ccnc(C)n2)n(-c2ccc(F)cc2)n1. The summed E-state index contributed by atoms with van der Waals surface area (Å²) in [6.45, 7) is 4.60. The van der Waals surface area contributed by atoms with Gasteiger partial charge in [0.15, 0.2) is 11.6 Å². The number of hydrogen-bond donors (Lipinski definition) is 0. The van der Waals surface area contributed by atoms with Crippen molar-refractivity contribution in [2.45, 2.75) is 20.5 Å². The molecule has 3 rings (SSSR count). The van der Waals surface area contributed by atoms with E-state index in [9.17, 15) is 4.39 Å². The lowest BCUT2D eigenvalue weighted by Crippen LogP contribution is -2.02. The molecule has 6 nitrogen and oxygen atoms in total. The van der Waals surface area contributed by atoms with Crippen LogP contribution in [0.2, 0.25) is 0 Å². The summed E-state index contributed by atoms with van der Waals surface area (Å²) in [4.78, 5) is 13.0. The van der Waals surface area contributed by atoms with Crippen LogP contribution in [0, 0.1) is 12.7 Å². The molecule has 1 aromatic carbocycles. The molecular weight excluding hydrogens is 297 g/mol. The molecule has 0 saturated carbocycles. The summed E-state index contributed by atoms with van der Waals surface area (Å²) < 4.78 is 20.2. The van der Waals surface area contributed by atoms with E-state index in [0.29, 0.717) is 42.1 Å². The van der Waals surface area contributed by atoms with E-state index in [0.717, 1.165) is 0 Å². The summed E-state index contributed by atoms with van der Waals surface area (Å²) in [5, 5.41) is 4.45. The molecule has 0 atom stereocenters. The zero-order valence-electron chi connectivity index (χ0n) is 12.9. The number of hydrogen-bond acceptors (Lipinski definition) is 5. The van der Waals surface area contributed by atoms with E-state index in [-0.39, 0.29) is 5.82 Å². The van der Waals surface area contributed by atoms with Crippen LogP contribution < -0.4 is 0 Å². The van der Waals surface area contributed by atoms with Gasteiger partial charge in [0.05, 0.1) is 5.69 Å². The molecule has 0 spiro atoms. The van der Waals surface area contributed by atoms with Gasteiger partial charge in [0.1, 0.15) is 23.9 Å². The first-order valence-electron chi connectivity index (χ1n) is 7.27. The molecule has 0 bridgehead atoms. The quantitative estimate of drug-likeness (QED) is 0.724. The van der Waals surface area contributed by atoms with Crippen molar-refractivity contribution in [3.63, 3.8) is 0 Å². The van der Waals surface area contributed by atoms with Crippen molar-refractivity contribution in [1.82, 2.24) is 24.7 Å². The second-order valence-corrected chi connectivity index (χ2v) is 4.87. The molecule has 0 amide bonds. The maximum Gasteiger partial charge on any atom is 0.182 e. The molecular formula is C16H16FN5O. The number of rotatable bonds is 5. The number of ether oxygens (including phenoxy) is 1. The van der Waals surface area contributed by atoms with Crippen molar-refractivity contribution in [2.75, 3.05) is 6.61 Å². The standard InChI is InChI=1S/C16H16FN5O/c1-3-23-10-15-20-16(14-8-9-18-11(2)19-14)22(21-15)13-6-4-12(17)5-7-13/h4-9H,3,10H2,1-2H3. The zero-order chi connectivity index (χ0) is 16.2. The third kappa shape index (κ3) is 3.40. The molecule has 7 heteroatoms. The first-order chi connectivity index (χ1) is 11.2. The smallest absolute Gasteiger partial charge is 0.182 e. The van der Waals surface area contributed by atoms with Gasteiger partial charge in [-0.05, 0) is 44.2 Å². The molecule has 2 heterocycles. The fourth-order valence-corrected chi connectivity index (χ4v) is 2.12. The third-order valence-corrected chi connectivity index (χ3v) is 3.16. The van der Waals surface area contributed by atoms with Crippen LogP contribution in [0.5, 0.6) is 0 Å². The van der Waals surface area contributed by atoms with Gasteiger partial charge in [0.25, 0.3) is 0 Å². The van der Waals surface area contributed by atoms with Crippen LogP contribution in [0.25, 0.3) is 17.2 Å². The van der Waals surface area contributed by atoms with E-state index < -0.39 is 0 Å². The molecule has 118 valence electrons. The third-order valence-electron chi connectivity index (χ3n) is 3.16. The Morgan fingerprint density at radius 3 is 2.61 bits per heavy atom. The molecule has 3 aromatic rings. The Labute approximate surface area is 133 Å². The van der Waals surface area contributed by atoms with Crippen LogP contribution >= 0.6 is 0 Å². The summed E-state index contributed by atoms with van der Waals surface area (Å²) >= 11 is 0. The predicted octanol–water partition coefficient (Wildman–Crippen LogP) is 2.71. The maximum atomic E-state index is 13.2. The summed E-state index contributed by atoms with van der Waals surface area (Å²) in [6, 6.07) is 7.82. The minimum Gasteiger partial charge on any atom is -0.374 e. The minimum atomic E-state index is -0.303. The van der Waals surface area contributed by atoms with Crippen LogP contribution in [0.3, 0.4) is 0 Å². The number of benzene rings is 1. The molecule has 0 saturated heterocycles. The van der Waals surface area contributed by atoms with E-state index in [1.54, 1.807) is 29.1 Å². The van der Waals surface area contributed by atoms with Gasteiger partial charge in [-0.1, -0.05) is 0 Å². The first-order valence-corrected chi connectivity index (χ1v) is 7.27. The van der Waals surface area contributed by atoms with Gasteiger partial charge >= 0.3 is 0 Å². The highest BCUT2D eigenvalue weighted by Crippen LogP contribution is 2.20. The van der Waals surface area contributed by atoms with Gasteiger partial charge in [0.2, 0.25) is 0 Å². The van der Waals surface area contributed by atoms with Crippen LogP contribution in [0.4, 0.5) is 4.39 Å². The first kappa shape index (κ1) is 15.2. The van der Waals surface area contributed by atoms with E-state index in [4.69, 9.17) is 4.74 Å². The lowest BCUT2D eigenvalue weighted by Gasteiger charge is -2.05. The summed E-state index contributed by atoms with van der Waals surface area (Å²) in [5.74, 6) is 1.45. The lowest BCUT2D eigenvalue weighted by molar-refractivity contribution is 0.128. The topological polar surface area (TPSA) is 65.7 Å². The van der Waals surface area contributed by atoms with Gasteiger partial charge in [-0.25, -0.2) is 24.0 Å². The van der Waals surface area contributed by atoms with Crippen molar-refractivity contribution in [1.29, 1.82) is 0 Å². The van der Waals surface area contributed by atoms with Gasteiger partial charge in [-0.15, -0.1) is 5.10 Å². The van der Waals surface area contributed by atoms with E-state index in [2.05, 4.69) is 20.1 Å².